The molecule has 0 bridgehead atoms. The summed E-state index contributed by atoms with van der Waals surface area (Å²) >= 11 is 5.88. The van der Waals surface area contributed by atoms with Crippen LogP contribution in [0.5, 0.6) is 0 Å². The van der Waals surface area contributed by atoms with E-state index in [9.17, 15) is 27.9 Å². The number of cyclic esters (lactones) is 1. The molecule has 2 aliphatic rings. The highest BCUT2D eigenvalue weighted by Crippen LogP contribution is 2.58. The first-order valence-corrected chi connectivity index (χ1v) is 7.78. The molecule has 1 saturated heterocycles. The molecule has 0 saturated carbocycles. The maximum Gasteiger partial charge on any atom is 0.435 e. The zero-order valence-corrected chi connectivity index (χ0v) is 13.7. The Hall–Kier alpha value is -2.16. The van der Waals surface area contributed by atoms with Crippen LogP contribution in [0, 0.1) is 0 Å². The van der Waals surface area contributed by atoms with Crippen molar-refractivity contribution >= 4 is 29.5 Å². The summed E-state index contributed by atoms with van der Waals surface area (Å²) in [5.74, 6) is 0. The van der Waals surface area contributed by atoms with E-state index in [-0.39, 0.29) is 30.1 Å². The minimum atomic E-state index is -5.07. The smallest absolute Gasteiger partial charge is 0.435 e. The van der Waals surface area contributed by atoms with E-state index in [1.807, 2.05) is 0 Å². The Morgan fingerprint density at radius 1 is 1.44 bits per heavy atom. The molecule has 2 N–H and O–H groups in total. The van der Waals surface area contributed by atoms with E-state index in [4.69, 9.17) is 16.3 Å². The Morgan fingerprint density at radius 3 is 2.72 bits per heavy atom. The first-order valence-electron chi connectivity index (χ1n) is 7.40. The molecule has 6 nitrogen and oxygen atoms in total. The van der Waals surface area contributed by atoms with Crippen LogP contribution in [-0.2, 0) is 10.3 Å². The third-order valence-electron chi connectivity index (χ3n) is 4.87. The Kier molecular flexibility index (Phi) is 3.83. The highest BCUT2D eigenvalue weighted by atomic mass is 35.5. The molecule has 2 amide bonds. The Morgan fingerprint density at radius 2 is 2.12 bits per heavy atom. The fraction of sp³-hybridized carbons (Fsp3) is 0.467. The van der Waals surface area contributed by atoms with Crippen LogP contribution < -0.4 is 5.32 Å². The second kappa shape index (κ2) is 5.42. The van der Waals surface area contributed by atoms with E-state index in [2.05, 4.69) is 5.32 Å². The summed E-state index contributed by atoms with van der Waals surface area (Å²) < 4.78 is 47.9. The maximum absolute atomic E-state index is 14.3. The van der Waals surface area contributed by atoms with Crippen LogP contribution >= 0.6 is 11.6 Å². The summed E-state index contributed by atoms with van der Waals surface area (Å²) in [5.41, 5.74) is -5.73. The number of halogens is 4. The Labute approximate surface area is 145 Å². The van der Waals surface area contributed by atoms with Crippen molar-refractivity contribution in [1.82, 2.24) is 4.90 Å². The van der Waals surface area contributed by atoms with Gasteiger partial charge in [-0.05, 0) is 38.0 Å². The molecular weight excluding hydrogens is 365 g/mol. The number of hydrogen-bond donors (Lipinski definition) is 2. The molecule has 0 radical (unpaired) electrons. The predicted molar refractivity (Wildman–Crippen MR) is 81.7 cm³/mol. The number of amides is 2. The molecule has 2 atom stereocenters. The molecular formula is C15H14ClF3N2O4. The normalized spacial score (nSPS) is 29.0. The molecule has 1 fully saturated rings. The lowest BCUT2D eigenvalue weighted by Crippen LogP contribution is -2.68. The summed E-state index contributed by atoms with van der Waals surface area (Å²) in [6.45, 7) is 1.05. The van der Waals surface area contributed by atoms with Gasteiger partial charge in [0.25, 0.3) is 5.60 Å². The summed E-state index contributed by atoms with van der Waals surface area (Å²) in [7, 11) is 0. The first-order chi connectivity index (χ1) is 11.5. The van der Waals surface area contributed by atoms with Gasteiger partial charge < -0.3 is 9.84 Å². The van der Waals surface area contributed by atoms with Gasteiger partial charge >= 0.3 is 18.4 Å². The lowest BCUT2D eigenvalue weighted by molar-refractivity contribution is -0.299. The van der Waals surface area contributed by atoms with Crippen molar-refractivity contribution in [3.05, 3.63) is 28.8 Å². The van der Waals surface area contributed by atoms with Gasteiger partial charge in [0.15, 0.2) is 0 Å². The quantitative estimate of drug-likeness (QED) is 0.768. The van der Waals surface area contributed by atoms with Crippen LogP contribution in [-0.4, -0.2) is 40.5 Å². The van der Waals surface area contributed by atoms with Crippen molar-refractivity contribution in [2.24, 2.45) is 0 Å². The number of hydrogen-bond acceptors (Lipinski definition) is 3. The predicted octanol–water partition coefficient (Wildman–Crippen LogP) is 4.19. The molecule has 2 heterocycles. The van der Waals surface area contributed by atoms with Gasteiger partial charge in [0.05, 0.1) is 11.2 Å². The number of carboxylic acid groups (broad SMARTS) is 1. The van der Waals surface area contributed by atoms with Crippen LogP contribution in [0.15, 0.2) is 18.2 Å². The number of carbonyl (C=O) groups excluding carboxylic acids is 1. The maximum atomic E-state index is 14.3. The van der Waals surface area contributed by atoms with Crippen LogP contribution in [0.3, 0.4) is 0 Å². The summed E-state index contributed by atoms with van der Waals surface area (Å²) in [6.07, 6.45) is -7.80. The minimum Gasteiger partial charge on any atom is -0.465 e. The van der Waals surface area contributed by atoms with E-state index in [1.165, 1.54) is 12.1 Å². The van der Waals surface area contributed by atoms with Crippen LogP contribution in [0.25, 0.3) is 0 Å². The minimum absolute atomic E-state index is 0.00981. The zero-order valence-electron chi connectivity index (χ0n) is 13.0. The SMILES string of the molecule is CC1(C2(C(F)(F)F)OC(=O)Nc3ccc(Cl)cc32)CCCN1C(=O)O. The number of carbonyl (C=O) groups is 2. The monoisotopic (exact) mass is 378 g/mol. The molecule has 0 aliphatic carbocycles. The lowest BCUT2D eigenvalue weighted by atomic mass is 9.72. The van der Waals surface area contributed by atoms with Crippen LogP contribution in [0.1, 0.15) is 25.3 Å². The number of ether oxygens (including phenoxy) is 1. The van der Waals surface area contributed by atoms with Crippen molar-refractivity contribution in [3.8, 4) is 0 Å². The van der Waals surface area contributed by atoms with E-state index < -0.39 is 35.1 Å². The lowest BCUT2D eigenvalue weighted by Gasteiger charge is -2.51. The van der Waals surface area contributed by atoms with E-state index in [1.54, 1.807) is 0 Å². The highest BCUT2D eigenvalue weighted by Gasteiger charge is 2.74. The molecule has 2 unspecified atom stereocenters. The van der Waals surface area contributed by atoms with E-state index in [0.29, 0.717) is 4.90 Å². The number of rotatable bonds is 1. The van der Waals surface area contributed by atoms with Gasteiger partial charge in [-0.1, -0.05) is 11.6 Å². The van der Waals surface area contributed by atoms with E-state index >= 15 is 0 Å². The van der Waals surface area contributed by atoms with Crippen molar-refractivity contribution in [3.63, 3.8) is 0 Å². The summed E-state index contributed by atoms with van der Waals surface area (Å²) in [5, 5.41) is 11.6. The molecule has 136 valence electrons. The average Bonchev–Trinajstić information content (AvgIpc) is 2.89. The Bertz CT molecular complexity index is 757. The molecule has 0 aromatic heterocycles. The molecule has 0 spiro atoms. The molecule has 2 aliphatic heterocycles. The van der Waals surface area contributed by atoms with Gasteiger partial charge in [0.2, 0.25) is 0 Å². The second-order valence-corrected chi connectivity index (χ2v) is 6.63. The third kappa shape index (κ3) is 2.32. The number of anilines is 1. The van der Waals surface area contributed by atoms with Gasteiger partial charge in [-0.25, -0.2) is 9.59 Å². The summed E-state index contributed by atoms with van der Waals surface area (Å²) in [6, 6.07) is 3.62. The average molecular weight is 379 g/mol. The number of nitrogens with one attached hydrogen (secondary N) is 1. The Balaban J connectivity index is 2.35. The van der Waals surface area contributed by atoms with Gasteiger partial charge in [-0.15, -0.1) is 0 Å². The third-order valence-corrected chi connectivity index (χ3v) is 5.11. The number of fused-ring (bicyclic) bond motifs is 1. The standard InChI is InChI=1S/C15H14ClF3N2O4/c1-13(5-2-6-21(13)12(23)24)14(15(17,18)19)9-7-8(16)3-4-10(9)20-11(22)25-14/h3-4,7H,2,5-6H2,1H3,(H,20,22)(H,23,24). The fourth-order valence-corrected chi connectivity index (χ4v) is 3.97. The van der Waals surface area contributed by atoms with Crippen molar-refractivity contribution < 1.29 is 32.6 Å². The molecule has 3 rings (SSSR count). The molecule has 25 heavy (non-hydrogen) atoms. The van der Waals surface area contributed by atoms with Crippen molar-refractivity contribution in [2.75, 3.05) is 11.9 Å². The number of alkyl halides is 3. The topological polar surface area (TPSA) is 78.9 Å². The van der Waals surface area contributed by atoms with Gasteiger partial charge in [0.1, 0.15) is 0 Å². The molecule has 1 aromatic carbocycles. The van der Waals surface area contributed by atoms with Gasteiger partial charge in [-0.2, -0.15) is 13.2 Å². The molecule has 10 heteroatoms. The van der Waals surface area contributed by atoms with Crippen LogP contribution in [0.4, 0.5) is 28.4 Å². The van der Waals surface area contributed by atoms with E-state index in [0.717, 1.165) is 13.0 Å². The second-order valence-electron chi connectivity index (χ2n) is 6.19. The number of likely N-dealkylation sites (tertiary alicyclic amines) is 1. The number of nitrogens with zero attached hydrogens (tertiary/aromatic N) is 1. The highest BCUT2D eigenvalue weighted by molar-refractivity contribution is 6.30. The zero-order chi connectivity index (χ0) is 18.6. The van der Waals surface area contributed by atoms with Gasteiger partial charge in [-0.3, -0.25) is 10.2 Å². The van der Waals surface area contributed by atoms with Crippen LogP contribution in [0.2, 0.25) is 5.02 Å². The summed E-state index contributed by atoms with van der Waals surface area (Å²) in [4.78, 5) is 24.2. The molecule has 1 aromatic rings. The number of benzene rings is 1. The first kappa shape index (κ1) is 17.7. The van der Waals surface area contributed by atoms with Gasteiger partial charge in [0, 0.05) is 17.1 Å². The largest absolute Gasteiger partial charge is 0.465 e. The van der Waals surface area contributed by atoms with Crippen molar-refractivity contribution in [2.45, 2.75) is 37.1 Å². The fourth-order valence-electron chi connectivity index (χ4n) is 3.80. The van der Waals surface area contributed by atoms with Crippen molar-refractivity contribution in [1.29, 1.82) is 0 Å².